The summed E-state index contributed by atoms with van der Waals surface area (Å²) in [5, 5.41) is 24.2. The zero-order valence-corrected chi connectivity index (χ0v) is 46.1. The lowest BCUT2D eigenvalue weighted by molar-refractivity contribution is -0.144. The molecule has 2 aliphatic carbocycles. The Morgan fingerprint density at radius 1 is 0.554 bits per heavy atom. The normalized spacial score (nSPS) is 22.8. The molecule has 0 aromatic heterocycles. The quantitative estimate of drug-likeness (QED) is 0.0592. The molecule has 4 aliphatic rings. The Hall–Kier alpha value is -5.93. The van der Waals surface area contributed by atoms with Gasteiger partial charge in [0.1, 0.15) is 28.2 Å². The molecule has 74 heavy (non-hydrogen) atoms. The fourth-order valence-corrected chi connectivity index (χ4v) is 10.8. The number of hydrogen-bond donors (Lipinski definition) is 8. The Balaban J connectivity index is 1.00. The van der Waals surface area contributed by atoms with Gasteiger partial charge in [0.15, 0.2) is 0 Å². The molecular weight excluding hydrogens is 1060 g/mol. The average molecular weight is 1130 g/mol. The number of likely N-dealkylation sites (tertiary alicyclic amines) is 2. The van der Waals surface area contributed by atoms with Crippen LogP contribution in [0.15, 0.2) is 72.8 Å². The number of alkyl halides is 1. The van der Waals surface area contributed by atoms with Crippen molar-refractivity contribution in [3.8, 4) is 0 Å². The van der Waals surface area contributed by atoms with E-state index in [2.05, 4.69) is 42.5 Å². The number of hydrogen-bond acceptors (Lipinski definition) is 10. The number of benzene rings is 3. The molecule has 10 atom stereocenters. The third-order valence-corrected chi connectivity index (χ3v) is 16.1. The number of likely N-dealkylation sites (N-methyl/N-ethyl adjacent to an activating group) is 2. The Labute approximate surface area is 447 Å². The standard InChI is InChI=1S/C55H73IN10O8/c1-30(57-8)46(67)63-43(54(2,3)4)52(73)65-26-14-20-39(65)49(70)61-41-35-18-12-10-16-33(35)28-37(41)59-47(68)31-22-24-32(25-23-31)48(69)60-38-29-34-17-11-13-19-36(34)42(38)62-50(71)40-21-15-27-66(40)53(74)44(55(5,6)7)64-51(72)45(56)58-9/h10-13,16-19,22-25,30,37-45,57-58H,14-15,20-21,26-29H2,1-9H3,(H,59,68)(H,60,69)(H,61,70)(H,62,71)(H,63,67)(H,64,72)/t30-,37-,38-,39-,40-,41-,42-,43+,44+,45+/m0/s1. The molecule has 2 saturated heterocycles. The van der Waals surface area contributed by atoms with Gasteiger partial charge in [-0.1, -0.05) is 113 Å². The summed E-state index contributed by atoms with van der Waals surface area (Å²) in [6, 6.07) is 15.6. The molecule has 0 spiro atoms. The maximum absolute atomic E-state index is 14.2. The Morgan fingerprint density at radius 2 is 0.946 bits per heavy atom. The van der Waals surface area contributed by atoms with E-state index in [9.17, 15) is 38.4 Å². The minimum atomic E-state index is -0.869. The zero-order valence-electron chi connectivity index (χ0n) is 43.9. The van der Waals surface area contributed by atoms with E-state index in [-0.39, 0.29) is 35.4 Å². The second kappa shape index (κ2) is 23.3. The number of carbonyl (C=O) groups excluding carboxylic acids is 8. The van der Waals surface area contributed by atoms with Crippen LogP contribution in [0.25, 0.3) is 0 Å². The van der Waals surface area contributed by atoms with Gasteiger partial charge in [-0.2, -0.15) is 0 Å². The summed E-state index contributed by atoms with van der Waals surface area (Å²) in [6.45, 7) is 13.7. The van der Waals surface area contributed by atoms with Crippen molar-refractivity contribution in [2.24, 2.45) is 10.8 Å². The van der Waals surface area contributed by atoms with Crippen LogP contribution < -0.4 is 42.5 Å². The van der Waals surface area contributed by atoms with Crippen LogP contribution in [-0.2, 0) is 41.6 Å². The summed E-state index contributed by atoms with van der Waals surface area (Å²) in [5.74, 6) is -2.78. The summed E-state index contributed by atoms with van der Waals surface area (Å²) in [4.78, 5) is 114. The zero-order chi connectivity index (χ0) is 53.8. The molecule has 19 heteroatoms. The van der Waals surface area contributed by atoms with Gasteiger partial charge >= 0.3 is 0 Å². The largest absolute Gasteiger partial charge is 0.347 e. The fraction of sp³-hybridized carbons (Fsp3) is 0.527. The van der Waals surface area contributed by atoms with Crippen LogP contribution in [0.4, 0.5) is 0 Å². The molecule has 3 aromatic carbocycles. The molecule has 2 fully saturated rings. The molecule has 18 nitrogen and oxygen atoms in total. The highest BCUT2D eigenvalue weighted by atomic mass is 127. The van der Waals surface area contributed by atoms with Crippen molar-refractivity contribution < 1.29 is 38.4 Å². The van der Waals surface area contributed by atoms with E-state index in [0.717, 1.165) is 22.3 Å². The van der Waals surface area contributed by atoms with Crippen molar-refractivity contribution in [3.63, 3.8) is 0 Å². The van der Waals surface area contributed by atoms with Gasteiger partial charge < -0.3 is 52.3 Å². The third kappa shape index (κ3) is 12.4. The average Bonchev–Trinajstić information content (AvgIpc) is 4.19. The lowest BCUT2D eigenvalue weighted by Crippen LogP contribution is -2.59. The fourth-order valence-electron chi connectivity index (χ4n) is 10.6. The molecule has 0 radical (unpaired) electrons. The molecule has 398 valence electrons. The molecule has 0 bridgehead atoms. The maximum atomic E-state index is 14.2. The minimum Gasteiger partial charge on any atom is -0.347 e. The predicted molar refractivity (Wildman–Crippen MR) is 289 cm³/mol. The number of nitrogens with one attached hydrogen (secondary N) is 8. The smallest absolute Gasteiger partial charge is 0.251 e. The van der Waals surface area contributed by atoms with Crippen LogP contribution >= 0.6 is 22.6 Å². The summed E-state index contributed by atoms with van der Waals surface area (Å²) in [7, 11) is 3.33. The number of halogens is 1. The first kappa shape index (κ1) is 55.8. The van der Waals surface area contributed by atoms with E-state index in [0.29, 0.717) is 62.7 Å². The van der Waals surface area contributed by atoms with Crippen molar-refractivity contribution in [3.05, 3.63) is 106 Å². The number of amides is 8. The van der Waals surface area contributed by atoms with Gasteiger partial charge in [0.2, 0.25) is 35.4 Å². The van der Waals surface area contributed by atoms with E-state index < -0.39 is 81.1 Å². The maximum Gasteiger partial charge on any atom is 0.251 e. The van der Waals surface area contributed by atoms with Crippen LogP contribution in [0, 0.1) is 10.8 Å². The number of nitrogens with zero attached hydrogens (tertiary/aromatic N) is 2. The topological polar surface area (TPSA) is 239 Å². The molecule has 2 aliphatic heterocycles. The molecule has 0 saturated carbocycles. The van der Waals surface area contributed by atoms with Gasteiger partial charge in [-0.05, 0) is 117 Å². The lowest BCUT2D eigenvalue weighted by Gasteiger charge is -2.36. The first-order valence-corrected chi connectivity index (χ1v) is 26.9. The second-order valence-corrected chi connectivity index (χ2v) is 23.4. The lowest BCUT2D eigenvalue weighted by atomic mass is 9.85. The van der Waals surface area contributed by atoms with Gasteiger partial charge in [0.05, 0.1) is 30.2 Å². The Bertz CT molecular complexity index is 2440. The van der Waals surface area contributed by atoms with Gasteiger partial charge in [-0.25, -0.2) is 0 Å². The third-order valence-electron chi connectivity index (χ3n) is 14.9. The van der Waals surface area contributed by atoms with Gasteiger partial charge in [0, 0.05) is 24.2 Å². The van der Waals surface area contributed by atoms with Crippen molar-refractivity contribution in [1.82, 2.24) is 52.3 Å². The Kier molecular flexibility index (Phi) is 17.6. The monoisotopic (exact) mass is 1130 g/mol. The summed E-state index contributed by atoms with van der Waals surface area (Å²) in [5.41, 5.74) is 2.99. The highest BCUT2D eigenvalue weighted by molar-refractivity contribution is 14.1. The number of rotatable bonds is 16. The van der Waals surface area contributed by atoms with E-state index >= 15 is 0 Å². The molecule has 3 aromatic rings. The first-order chi connectivity index (χ1) is 35.0. The van der Waals surface area contributed by atoms with Crippen LogP contribution in [0.5, 0.6) is 0 Å². The number of carbonyl (C=O) groups is 8. The van der Waals surface area contributed by atoms with Gasteiger partial charge in [0.25, 0.3) is 11.8 Å². The van der Waals surface area contributed by atoms with Crippen molar-refractivity contribution in [2.45, 2.75) is 145 Å². The van der Waals surface area contributed by atoms with E-state index in [1.807, 2.05) is 113 Å². The van der Waals surface area contributed by atoms with Crippen molar-refractivity contribution in [2.75, 3.05) is 27.2 Å². The SMILES string of the molecule is CN[C@@H](C)C(=O)N[C@H](C(=O)N1CCC[C@H]1C(=O)N[C@H]1c2ccccc2C[C@@H]1NC(=O)c1ccc(C(=O)N[C@H]2Cc3ccccc3[C@@H]2NC(=O)[C@@H]2CCCN2C(=O)[C@@H](NC(=O)[C@H](I)NC)C(C)(C)C)cc1)C(C)(C)C. The van der Waals surface area contributed by atoms with Gasteiger partial charge in [-0.3, -0.25) is 38.4 Å². The van der Waals surface area contributed by atoms with Crippen LogP contribution in [0.1, 0.15) is 129 Å². The van der Waals surface area contributed by atoms with Crippen LogP contribution in [0.2, 0.25) is 0 Å². The summed E-state index contributed by atoms with van der Waals surface area (Å²) >= 11 is 1.96. The van der Waals surface area contributed by atoms with E-state index in [1.54, 1.807) is 55.1 Å². The second-order valence-electron chi connectivity index (χ2n) is 22.2. The molecule has 2 heterocycles. The highest BCUT2D eigenvalue weighted by Gasteiger charge is 2.46. The highest BCUT2D eigenvalue weighted by Crippen LogP contribution is 2.35. The van der Waals surface area contributed by atoms with E-state index in [4.69, 9.17) is 0 Å². The minimum absolute atomic E-state index is 0.302. The number of fused-ring (bicyclic) bond motifs is 2. The van der Waals surface area contributed by atoms with Crippen LogP contribution in [-0.4, -0.2) is 131 Å². The first-order valence-electron chi connectivity index (χ1n) is 25.7. The summed E-state index contributed by atoms with van der Waals surface area (Å²) < 4.78 is -0.549. The molecule has 7 rings (SSSR count). The summed E-state index contributed by atoms with van der Waals surface area (Å²) in [6.07, 6.45) is 3.02. The molecule has 8 N–H and O–H groups in total. The van der Waals surface area contributed by atoms with Gasteiger partial charge in [-0.15, -0.1) is 0 Å². The van der Waals surface area contributed by atoms with E-state index in [1.165, 1.54) is 0 Å². The molecule has 0 unspecified atom stereocenters. The van der Waals surface area contributed by atoms with Crippen LogP contribution in [0.3, 0.4) is 0 Å². The van der Waals surface area contributed by atoms with Crippen molar-refractivity contribution in [1.29, 1.82) is 0 Å². The molecular formula is C55H73IN10O8. The predicted octanol–water partition coefficient (Wildman–Crippen LogP) is 3.34. The molecule has 8 amide bonds. The Morgan fingerprint density at radius 3 is 1.32 bits per heavy atom. The van der Waals surface area contributed by atoms with Crippen molar-refractivity contribution >= 4 is 69.8 Å².